The summed E-state index contributed by atoms with van der Waals surface area (Å²) in [6, 6.07) is 5.43. The van der Waals surface area contributed by atoms with Gasteiger partial charge in [-0.2, -0.15) is 0 Å². The maximum absolute atomic E-state index is 12.7. The van der Waals surface area contributed by atoms with Crippen molar-refractivity contribution in [1.29, 1.82) is 0 Å². The van der Waals surface area contributed by atoms with E-state index >= 15 is 0 Å². The molecule has 2 amide bonds. The van der Waals surface area contributed by atoms with Crippen LogP contribution in [0, 0.1) is 0 Å². The highest BCUT2D eigenvalue weighted by atomic mass is 16.5. The molecule has 0 saturated carbocycles. The van der Waals surface area contributed by atoms with Crippen molar-refractivity contribution in [3.63, 3.8) is 0 Å². The summed E-state index contributed by atoms with van der Waals surface area (Å²) in [5.74, 6) is 0.970. The van der Waals surface area contributed by atoms with E-state index in [1.165, 1.54) is 4.90 Å². The number of aliphatic hydroxyl groups excluding tert-OH is 1. The molecule has 1 heterocycles. The molecule has 1 aromatic rings. The lowest BCUT2D eigenvalue weighted by atomic mass is 10.1. The predicted molar refractivity (Wildman–Crippen MR) is 102 cm³/mol. The SMILES string of the molecule is CCCCCC(=O)N1CC(=O)N(Cc2c(OC)cccc2OC)CC(O)C1. The van der Waals surface area contributed by atoms with E-state index in [9.17, 15) is 14.7 Å². The van der Waals surface area contributed by atoms with Crippen LogP contribution in [0.2, 0.25) is 0 Å². The second-order valence-electron chi connectivity index (χ2n) is 6.80. The molecule has 1 unspecified atom stereocenters. The van der Waals surface area contributed by atoms with Crippen LogP contribution in [-0.4, -0.2) is 66.7 Å². The lowest BCUT2D eigenvalue weighted by Crippen LogP contribution is -2.39. The van der Waals surface area contributed by atoms with Crippen LogP contribution in [-0.2, 0) is 16.1 Å². The maximum Gasteiger partial charge on any atom is 0.242 e. The van der Waals surface area contributed by atoms with Gasteiger partial charge < -0.3 is 24.4 Å². The summed E-state index contributed by atoms with van der Waals surface area (Å²) in [5, 5.41) is 10.3. The van der Waals surface area contributed by atoms with Crippen LogP contribution in [0.3, 0.4) is 0 Å². The van der Waals surface area contributed by atoms with Gasteiger partial charge in [0.05, 0.1) is 39.0 Å². The summed E-state index contributed by atoms with van der Waals surface area (Å²) in [6.07, 6.45) is 2.44. The molecule has 1 saturated heterocycles. The number of hydrogen-bond acceptors (Lipinski definition) is 5. The number of nitrogens with zero attached hydrogens (tertiary/aromatic N) is 2. The standard InChI is InChI=1S/C20H30N2O5/c1-4-5-6-10-19(24)22-12-15(23)11-21(20(25)14-22)13-16-17(26-2)8-7-9-18(16)27-3/h7-9,15,23H,4-6,10-14H2,1-3H3. The van der Waals surface area contributed by atoms with Gasteiger partial charge in [0.1, 0.15) is 11.5 Å². The highest BCUT2D eigenvalue weighted by molar-refractivity contribution is 5.85. The Kier molecular flexibility index (Phi) is 7.91. The van der Waals surface area contributed by atoms with Crippen molar-refractivity contribution in [3.05, 3.63) is 23.8 Å². The van der Waals surface area contributed by atoms with Crippen molar-refractivity contribution < 1.29 is 24.2 Å². The molecule has 7 heteroatoms. The molecule has 1 N–H and O–H groups in total. The van der Waals surface area contributed by atoms with E-state index in [1.807, 2.05) is 6.07 Å². The monoisotopic (exact) mass is 378 g/mol. The molecule has 1 atom stereocenters. The third-order valence-electron chi connectivity index (χ3n) is 4.77. The van der Waals surface area contributed by atoms with Crippen LogP contribution in [0.4, 0.5) is 0 Å². The van der Waals surface area contributed by atoms with Gasteiger partial charge in [-0.1, -0.05) is 25.8 Å². The normalized spacial score (nSPS) is 17.6. The first kappa shape index (κ1) is 21.0. The first-order chi connectivity index (χ1) is 13.0. The summed E-state index contributed by atoms with van der Waals surface area (Å²) in [5.41, 5.74) is 0.741. The van der Waals surface area contributed by atoms with E-state index in [0.29, 0.717) is 17.9 Å². The predicted octanol–water partition coefficient (Wildman–Crippen LogP) is 1.82. The van der Waals surface area contributed by atoms with Crippen LogP contribution in [0.1, 0.15) is 38.2 Å². The number of ether oxygens (including phenoxy) is 2. The average molecular weight is 378 g/mol. The van der Waals surface area contributed by atoms with Crippen LogP contribution in [0.5, 0.6) is 11.5 Å². The van der Waals surface area contributed by atoms with Crippen LogP contribution in [0.15, 0.2) is 18.2 Å². The molecule has 27 heavy (non-hydrogen) atoms. The zero-order valence-electron chi connectivity index (χ0n) is 16.4. The fourth-order valence-corrected chi connectivity index (χ4v) is 3.30. The summed E-state index contributed by atoms with van der Waals surface area (Å²) in [7, 11) is 3.13. The zero-order valence-corrected chi connectivity index (χ0v) is 16.4. The molecule has 2 rings (SSSR count). The number of rotatable bonds is 8. The molecule has 1 aromatic carbocycles. The molecule has 1 aliphatic rings. The van der Waals surface area contributed by atoms with E-state index in [-0.39, 0.29) is 38.0 Å². The van der Waals surface area contributed by atoms with Crippen molar-refractivity contribution in [2.75, 3.05) is 33.9 Å². The number of hydrogen-bond donors (Lipinski definition) is 1. The van der Waals surface area contributed by atoms with E-state index in [4.69, 9.17) is 9.47 Å². The molecular weight excluding hydrogens is 348 g/mol. The van der Waals surface area contributed by atoms with Gasteiger partial charge in [-0.25, -0.2) is 0 Å². The Bertz CT molecular complexity index is 627. The zero-order chi connectivity index (χ0) is 19.8. The first-order valence-corrected chi connectivity index (χ1v) is 9.43. The van der Waals surface area contributed by atoms with Crippen LogP contribution < -0.4 is 9.47 Å². The minimum atomic E-state index is -0.785. The number of carbonyl (C=O) groups excluding carboxylic acids is 2. The van der Waals surface area contributed by atoms with Crippen molar-refractivity contribution in [3.8, 4) is 11.5 Å². The molecule has 1 aliphatic heterocycles. The minimum Gasteiger partial charge on any atom is -0.496 e. The Hall–Kier alpha value is -2.28. The Morgan fingerprint density at radius 2 is 1.85 bits per heavy atom. The van der Waals surface area contributed by atoms with E-state index in [0.717, 1.165) is 24.8 Å². The molecule has 0 aliphatic carbocycles. The number of β-amino-alcohol motifs (C(OH)–C–C–N with tert-alkyl or cyclic N) is 1. The van der Waals surface area contributed by atoms with Crippen molar-refractivity contribution >= 4 is 11.8 Å². The molecule has 0 radical (unpaired) electrons. The molecule has 1 fully saturated rings. The number of aliphatic hydroxyl groups is 1. The second kappa shape index (κ2) is 10.2. The average Bonchev–Trinajstić information content (AvgIpc) is 2.80. The molecule has 7 nitrogen and oxygen atoms in total. The van der Waals surface area contributed by atoms with Gasteiger partial charge in [0, 0.05) is 19.5 Å². The third kappa shape index (κ3) is 5.60. The molecular formula is C20H30N2O5. The van der Waals surface area contributed by atoms with Gasteiger partial charge in [0.2, 0.25) is 11.8 Å². The van der Waals surface area contributed by atoms with Crippen molar-refractivity contribution in [2.24, 2.45) is 0 Å². The highest BCUT2D eigenvalue weighted by Crippen LogP contribution is 2.30. The van der Waals surface area contributed by atoms with E-state index < -0.39 is 6.10 Å². The Morgan fingerprint density at radius 1 is 1.19 bits per heavy atom. The third-order valence-corrected chi connectivity index (χ3v) is 4.77. The number of carbonyl (C=O) groups is 2. The van der Waals surface area contributed by atoms with Gasteiger partial charge in [0.25, 0.3) is 0 Å². The maximum atomic E-state index is 12.7. The summed E-state index contributed by atoms with van der Waals surface area (Å²) >= 11 is 0. The summed E-state index contributed by atoms with van der Waals surface area (Å²) < 4.78 is 10.8. The number of methoxy groups -OCH3 is 2. The van der Waals surface area contributed by atoms with Crippen LogP contribution >= 0.6 is 0 Å². The molecule has 0 bridgehead atoms. The second-order valence-corrected chi connectivity index (χ2v) is 6.80. The molecule has 0 spiro atoms. The fourth-order valence-electron chi connectivity index (χ4n) is 3.30. The smallest absolute Gasteiger partial charge is 0.242 e. The Labute approximate surface area is 160 Å². The fraction of sp³-hybridized carbons (Fsp3) is 0.600. The van der Waals surface area contributed by atoms with Gasteiger partial charge in [0.15, 0.2) is 0 Å². The lowest BCUT2D eigenvalue weighted by molar-refractivity contribution is -0.139. The number of amides is 2. The minimum absolute atomic E-state index is 0.0144. The van der Waals surface area contributed by atoms with Crippen LogP contribution in [0.25, 0.3) is 0 Å². The largest absolute Gasteiger partial charge is 0.496 e. The van der Waals surface area contributed by atoms with Gasteiger partial charge in [-0.05, 0) is 18.6 Å². The molecule has 0 aromatic heterocycles. The molecule has 150 valence electrons. The van der Waals surface area contributed by atoms with Gasteiger partial charge >= 0.3 is 0 Å². The van der Waals surface area contributed by atoms with Gasteiger partial charge in [-0.3, -0.25) is 9.59 Å². The first-order valence-electron chi connectivity index (χ1n) is 9.43. The number of benzene rings is 1. The van der Waals surface area contributed by atoms with Crippen molar-refractivity contribution in [1.82, 2.24) is 9.80 Å². The summed E-state index contributed by atoms with van der Waals surface area (Å²) in [6.45, 7) is 2.66. The van der Waals surface area contributed by atoms with E-state index in [2.05, 4.69) is 6.92 Å². The number of unbranched alkanes of at least 4 members (excludes halogenated alkanes) is 2. The summed E-state index contributed by atoms with van der Waals surface area (Å²) in [4.78, 5) is 28.2. The van der Waals surface area contributed by atoms with Crippen molar-refractivity contribution in [2.45, 2.75) is 45.3 Å². The Balaban J connectivity index is 2.12. The van der Waals surface area contributed by atoms with E-state index in [1.54, 1.807) is 31.3 Å². The topological polar surface area (TPSA) is 79.3 Å². The highest BCUT2D eigenvalue weighted by Gasteiger charge is 2.30. The van der Waals surface area contributed by atoms with Gasteiger partial charge in [-0.15, -0.1) is 0 Å². The lowest BCUT2D eigenvalue weighted by Gasteiger charge is -2.24. The quantitative estimate of drug-likeness (QED) is 0.698. The Morgan fingerprint density at radius 3 is 2.44 bits per heavy atom.